The Kier molecular flexibility index (Phi) is 5.32. The van der Waals surface area contributed by atoms with E-state index in [4.69, 9.17) is 14.0 Å². The lowest BCUT2D eigenvalue weighted by atomic mass is 9.76. The van der Waals surface area contributed by atoms with Crippen molar-refractivity contribution in [2.75, 3.05) is 18.4 Å². The summed E-state index contributed by atoms with van der Waals surface area (Å²) in [6, 6.07) is 5.71. The van der Waals surface area contributed by atoms with Crippen molar-refractivity contribution in [2.24, 2.45) is 0 Å². The van der Waals surface area contributed by atoms with Crippen LogP contribution in [0.1, 0.15) is 54.0 Å². The smallest absolute Gasteiger partial charge is 0.399 e. The molecule has 0 radical (unpaired) electrons. The molecule has 0 saturated carbocycles. The summed E-state index contributed by atoms with van der Waals surface area (Å²) in [5.41, 5.74) is 1.68. The van der Waals surface area contributed by atoms with Crippen molar-refractivity contribution < 1.29 is 18.8 Å². The van der Waals surface area contributed by atoms with Gasteiger partial charge in [-0.3, -0.25) is 0 Å². The Labute approximate surface area is 169 Å². The van der Waals surface area contributed by atoms with Crippen LogP contribution >= 0.6 is 0 Å². The van der Waals surface area contributed by atoms with Crippen LogP contribution in [0.25, 0.3) is 0 Å². The van der Waals surface area contributed by atoms with Crippen LogP contribution in [0.3, 0.4) is 0 Å². The Morgan fingerprint density at radius 3 is 2.29 bits per heavy atom. The summed E-state index contributed by atoms with van der Waals surface area (Å²) in [6.45, 7) is 17.4. The van der Waals surface area contributed by atoms with Crippen LogP contribution < -0.4 is 10.8 Å². The van der Waals surface area contributed by atoms with Crippen molar-refractivity contribution >= 4 is 24.3 Å². The number of nitrogens with zero attached hydrogens (tertiary/aromatic N) is 1. The van der Waals surface area contributed by atoms with Gasteiger partial charge in [0.05, 0.1) is 36.0 Å². The third-order valence-corrected chi connectivity index (χ3v) is 5.78. The molecule has 28 heavy (non-hydrogen) atoms. The number of rotatable bonds is 3. The summed E-state index contributed by atoms with van der Waals surface area (Å²) in [5.74, 6) is 0. The number of carbonyl (C=O) groups excluding carboxylic acids is 1. The van der Waals surface area contributed by atoms with Gasteiger partial charge in [-0.2, -0.15) is 0 Å². The van der Waals surface area contributed by atoms with Gasteiger partial charge < -0.3 is 24.3 Å². The lowest BCUT2D eigenvalue weighted by Gasteiger charge is -2.41. The van der Waals surface area contributed by atoms with Crippen molar-refractivity contribution in [3.8, 4) is 0 Å². The molecule has 7 heteroatoms. The zero-order valence-electron chi connectivity index (χ0n) is 18.4. The van der Waals surface area contributed by atoms with Gasteiger partial charge in [0.1, 0.15) is 0 Å². The van der Waals surface area contributed by atoms with E-state index in [1.807, 2.05) is 73.6 Å². The number of nitrogens with one attached hydrogen (secondary N) is 1. The van der Waals surface area contributed by atoms with Crippen LogP contribution in [0.5, 0.6) is 0 Å². The largest absolute Gasteiger partial charge is 0.495 e. The highest BCUT2D eigenvalue weighted by Crippen LogP contribution is 2.37. The Morgan fingerprint density at radius 1 is 1.18 bits per heavy atom. The number of anilines is 1. The van der Waals surface area contributed by atoms with Crippen LogP contribution in [0.4, 0.5) is 10.5 Å². The highest BCUT2D eigenvalue weighted by atomic mass is 16.7. The second-order valence-electron chi connectivity index (χ2n) is 9.80. The highest BCUT2D eigenvalue weighted by Gasteiger charge is 2.52. The lowest BCUT2D eigenvalue weighted by Crippen LogP contribution is -2.57. The molecule has 1 N–H and O–H groups in total. The SMILES string of the molecule is Cc1c(NC(=O)N2CC(OC(C)(C)C)C2)cccc1B1OC(C)(C)C(C)(C)O1. The van der Waals surface area contributed by atoms with Gasteiger partial charge in [-0.15, -0.1) is 0 Å². The Hall–Kier alpha value is -1.57. The first-order valence-corrected chi connectivity index (χ1v) is 9.98. The maximum atomic E-state index is 12.6. The first-order valence-electron chi connectivity index (χ1n) is 9.98. The van der Waals surface area contributed by atoms with Crippen LogP contribution in [0, 0.1) is 6.92 Å². The predicted molar refractivity (Wildman–Crippen MR) is 112 cm³/mol. The molecule has 0 aromatic heterocycles. The van der Waals surface area contributed by atoms with Gasteiger partial charge in [-0.25, -0.2) is 4.79 Å². The number of ether oxygens (including phenoxy) is 1. The first-order chi connectivity index (χ1) is 12.8. The molecule has 2 fully saturated rings. The molecule has 154 valence electrons. The average Bonchev–Trinajstić information content (AvgIpc) is 2.71. The molecule has 1 aromatic rings. The molecule has 0 bridgehead atoms. The Bertz CT molecular complexity index is 735. The minimum Gasteiger partial charge on any atom is -0.399 e. The number of carbonyl (C=O) groups is 1. The Morgan fingerprint density at radius 2 is 1.75 bits per heavy atom. The van der Waals surface area contributed by atoms with Crippen molar-refractivity contribution in [1.82, 2.24) is 4.90 Å². The molecule has 2 heterocycles. The second-order valence-corrected chi connectivity index (χ2v) is 9.80. The normalized spacial score (nSPS) is 21.6. The van der Waals surface area contributed by atoms with E-state index in [-0.39, 0.29) is 17.7 Å². The molecule has 0 aliphatic carbocycles. The minimum atomic E-state index is -0.449. The fourth-order valence-corrected chi connectivity index (χ4v) is 3.39. The van der Waals surface area contributed by atoms with Crippen molar-refractivity contribution in [3.05, 3.63) is 23.8 Å². The van der Waals surface area contributed by atoms with Gasteiger partial charge in [-0.1, -0.05) is 12.1 Å². The molecule has 1 aromatic carbocycles. The molecule has 0 spiro atoms. The quantitative estimate of drug-likeness (QED) is 0.807. The summed E-state index contributed by atoms with van der Waals surface area (Å²) in [4.78, 5) is 14.4. The molecule has 2 aliphatic rings. The predicted octanol–water partition coefficient (Wildman–Crippen LogP) is 3.33. The fraction of sp³-hybridized carbons (Fsp3) is 0.667. The van der Waals surface area contributed by atoms with Gasteiger partial charge >= 0.3 is 13.1 Å². The van der Waals surface area contributed by atoms with Gasteiger partial charge in [-0.05, 0) is 72.5 Å². The summed E-state index contributed by atoms with van der Waals surface area (Å²) in [7, 11) is -0.449. The topological polar surface area (TPSA) is 60.0 Å². The summed E-state index contributed by atoms with van der Waals surface area (Å²) >= 11 is 0. The number of likely N-dealkylation sites (tertiary alicyclic amines) is 1. The molecule has 3 rings (SSSR count). The number of urea groups is 1. The molecule has 2 amide bonds. The van der Waals surface area contributed by atoms with E-state index in [0.717, 1.165) is 16.7 Å². The van der Waals surface area contributed by atoms with Crippen LogP contribution in [0.2, 0.25) is 0 Å². The molecule has 0 unspecified atom stereocenters. The van der Waals surface area contributed by atoms with E-state index in [2.05, 4.69) is 5.32 Å². The molecular weight excluding hydrogens is 355 g/mol. The van der Waals surface area contributed by atoms with E-state index in [9.17, 15) is 4.79 Å². The summed E-state index contributed by atoms with van der Waals surface area (Å²) < 4.78 is 18.2. The van der Waals surface area contributed by atoms with Crippen LogP contribution in [0.15, 0.2) is 18.2 Å². The van der Waals surface area contributed by atoms with Gasteiger partial charge in [0.15, 0.2) is 0 Å². The van der Waals surface area contributed by atoms with Crippen molar-refractivity contribution in [1.29, 1.82) is 0 Å². The first kappa shape index (κ1) is 21.2. The van der Waals surface area contributed by atoms with E-state index in [0.29, 0.717) is 13.1 Å². The maximum absolute atomic E-state index is 12.6. The highest BCUT2D eigenvalue weighted by molar-refractivity contribution is 6.62. The monoisotopic (exact) mass is 388 g/mol. The summed E-state index contributed by atoms with van der Waals surface area (Å²) in [5, 5.41) is 3.02. The fourth-order valence-electron chi connectivity index (χ4n) is 3.39. The van der Waals surface area contributed by atoms with Crippen molar-refractivity contribution in [2.45, 2.75) is 78.3 Å². The number of amides is 2. The second kappa shape index (κ2) is 7.04. The molecule has 2 saturated heterocycles. The summed E-state index contributed by atoms with van der Waals surface area (Å²) in [6.07, 6.45) is 0.0999. The third kappa shape index (κ3) is 4.21. The van der Waals surface area contributed by atoms with Crippen molar-refractivity contribution in [3.63, 3.8) is 0 Å². The standard InChI is InChI=1S/C21H33BN2O4/c1-14-16(22-27-20(5,6)21(7,8)28-22)10-9-11-17(14)23-18(25)24-12-15(13-24)26-19(2,3)4/h9-11,15H,12-13H2,1-8H3,(H,23,25). The maximum Gasteiger partial charge on any atom is 0.495 e. The Balaban J connectivity index is 1.65. The average molecular weight is 388 g/mol. The third-order valence-electron chi connectivity index (χ3n) is 5.78. The minimum absolute atomic E-state index is 0.0999. The van der Waals surface area contributed by atoms with Crippen LogP contribution in [-0.2, 0) is 14.0 Å². The zero-order valence-corrected chi connectivity index (χ0v) is 18.4. The zero-order chi connectivity index (χ0) is 20.9. The number of benzene rings is 1. The molecular formula is C21H33BN2O4. The van der Waals surface area contributed by atoms with E-state index >= 15 is 0 Å². The van der Waals surface area contributed by atoms with Gasteiger partial charge in [0, 0.05) is 5.69 Å². The molecule has 2 aliphatic heterocycles. The van der Waals surface area contributed by atoms with E-state index in [1.54, 1.807) is 4.90 Å². The van der Waals surface area contributed by atoms with Crippen LogP contribution in [-0.4, -0.2) is 54.0 Å². The molecule has 0 atom stereocenters. The van der Waals surface area contributed by atoms with E-state index in [1.165, 1.54) is 0 Å². The number of hydrogen-bond donors (Lipinski definition) is 1. The van der Waals surface area contributed by atoms with Gasteiger partial charge in [0.2, 0.25) is 0 Å². The number of hydrogen-bond acceptors (Lipinski definition) is 4. The molecule has 6 nitrogen and oxygen atoms in total. The lowest BCUT2D eigenvalue weighted by molar-refractivity contribution is -0.110. The van der Waals surface area contributed by atoms with E-state index < -0.39 is 18.3 Å². The van der Waals surface area contributed by atoms with Gasteiger partial charge in [0.25, 0.3) is 0 Å².